The maximum absolute atomic E-state index is 6.17. The molecule has 0 bridgehead atoms. The van der Waals surface area contributed by atoms with Crippen molar-refractivity contribution in [2.75, 3.05) is 6.61 Å². The van der Waals surface area contributed by atoms with Crippen LogP contribution in [-0.2, 0) is 4.74 Å². The Kier molecular flexibility index (Phi) is 3.01. The highest BCUT2D eigenvalue weighted by atomic mass is 35.5. The average Bonchev–Trinajstić information content (AvgIpc) is 2.89. The van der Waals surface area contributed by atoms with E-state index in [1.807, 2.05) is 0 Å². The molecule has 0 amide bonds. The van der Waals surface area contributed by atoms with Crippen LogP contribution in [0.25, 0.3) is 0 Å². The molecule has 0 aromatic rings. The molecule has 3 rings (SSSR count). The van der Waals surface area contributed by atoms with Gasteiger partial charge in [0.25, 0.3) is 0 Å². The largest absolute Gasteiger partial charge is 0.375 e. The molecule has 1 saturated heterocycles. The molecular formula is C14H21ClO. The van der Waals surface area contributed by atoms with Gasteiger partial charge in [-0.15, -0.1) is 11.6 Å². The fourth-order valence-electron chi connectivity index (χ4n) is 3.76. The predicted molar refractivity (Wildman–Crippen MR) is 66.8 cm³/mol. The Morgan fingerprint density at radius 1 is 1.25 bits per heavy atom. The van der Waals surface area contributed by atoms with E-state index in [9.17, 15) is 0 Å². The van der Waals surface area contributed by atoms with Crippen molar-refractivity contribution in [2.24, 2.45) is 5.92 Å². The first kappa shape index (κ1) is 11.1. The molecule has 0 radical (unpaired) electrons. The maximum atomic E-state index is 6.17. The first-order valence-electron chi connectivity index (χ1n) is 6.76. The van der Waals surface area contributed by atoms with Crippen LogP contribution in [0.5, 0.6) is 0 Å². The van der Waals surface area contributed by atoms with Crippen LogP contribution in [0.4, 0.5) is 0 Å². The lowest BCUT2D eigenvalue weighted by atomic mass is 9.80. The standard InChI is InChI=1S/C14H21ClO/c15-13-4-3-11(9-13)12-5-8-16-14(10-12)6-1-2-7-14/h9,12-13H,1-8,10H2. The Bertz CT molecular complexity index is 291. The van der Waals surface area contributed by atoms with Crippen LogP contribution in [0.15, 0.2) is 11.6 Å². The van der Waals surface area contributed by atoms with Crippen molar-refractivity contribution < 1.29 is 4.74 Å². The van der Waals surface area contributed by atoms with Crippen molar-refractivity contribution in [1.29, 1.82) is 0 Å². The first-order chi connectivity index (χ1) is 7.77. The molecule has 3 aliphatic rings. The molecule has 0 aromatic heterocycles. The molecule has 2 unspecified atom stereocenters. The minimum absolute atomic E-state index is 0.258. The van der Waals surface area contributed by atoms with Gasteiger partial charge in [0.05, 0.1) is 11.0 Å². The summed E-state index contributed by atoms with van der Waals surface area (Å²) in [5.74, 6) is 0.774. The van der Waals surface area contributed by atoms with Gasteiger partial charge in [-0.1, -0.05) is 24.5 Å². The molecule has 0 aromatic carbocycles. The molecule has 1 heterocycles. The van der Waals surface area contributed by atoms with Gasteiger partial charge in [0.2, 0.25) is 0 Å². The van der Waals surface area contributed by atoms with Crippen LogP contribution in [0, 0.1) is 5.92 Å². The molecule has 2 atom stereocenters. The van der Waals surface area contributed by atoms with E-state index in [0.29, 0.717) is 5.38 Å². The number of halogens is 1. The highest BCUT2D eigenvalue weighted by Crippen LogP contribution is 2.45. The van der Waals surface area contributed by atoms with Gasteiger partial charge in [-0.3, -0.25) is 0 Å². The molecule has 0 N–H and O–H groups in total. The third-order valence-corrected chi connectivity index (χ3v) is 4.98. The van der Waals surface area contributed by atoms with Crippen molar-refractivity contribution in [3.05, 3.63) is 11.6 Å². The molecule has 1 saturated carbocycles. The Morgan fingerprint density at radius 3 is 2.75 bits per heavy atom. The number of rotatable bonds is 1. The van der Waals surface area contributed by atoms with Gasteiger partial charge >= 0.3 is 0 Å². The molecule has 1 aliphatic heterocycles. The van der Waals surface area contributed by atoms with E-state index in [4.69, 9.17) is 16.3 Å². The van der Waals surface area contributed by atoms with Crippen LogP contribution in [-0.4, -0.2) is 17.6 Å². The smallest absolute Gasteiger partial charge is 0.0688 e. The van der Waals surface area contributed by atoms with Crippen LogP contribution in [0.2, 0.25) is 0 Å². The van der Waals surface area contributed by atoms with Crippen molar-refractivity contribution in [3.8, 4) is 0 Å². The summed E-state index contributed by atoms with van der Waals surface area (Å²) in [6.45, 7) is 0.967. The zero-order valence-corrected chi connectivity index (χ0v) is 10.6. The van der Waals surface area contributed by atoms with Crippen molar-refractivity contribution >= 4 is 11.6 Å². The minimum Gasteiger partial charge on any atom is -0.375 e. The summed E-state index contributed by atoms with van der Waals surface area (Å²) >= 11 is 6.17. The fraction of sp³-hybridized carbons (Fsp3) is 0.857. The molecule has 16 heavy (non-hydrogen) atoms. The Hall–Kier alpha value is -0.0100. The number of alkyl halides is 1. The van der Waals surface area contributed by atoms with Crippen LogP contribution >= 0.6 is 11.6 Å². The second-order valence-electron chi connectivity index (χ2n) is 5.72. The van der Waals surface area contributed by atoms with Crippen molar-refractivity contribution in [1.82, 2.24) is 0 Å². The van der Waals surface area contributed by atoms with Gasteiger partial charge in [-0.2, -0.15) is 0 Å². The van der Waals surface area contributed by atoms with Crippen LogP contribution in [0.3, 0.4) is 0 Å². The SMILES string of the molecule is ClC1C=C(C2CCOC3(CCCC3)C2)CC1. The number of allylic oxidation sites excluding steroid dienone is 2. The molecular weight excluding hydrogens is 220 g/mol. The molecule has 1 nitrogen and oxygen atoms in total. The van der Waals surface area contributed by atoms with E-state index in [1.165, 1.54) is 44.9 Å². The lowest BCUT2D eigenvalue weighted by Gasteiger charge is -2.39. The number of ether oxygens (including phenoxy) is 1. The zero-order chi connectivity index (χ0) is 11.0. The Balaban J connectivity index is 1.70. The second kappa shape index (κ2) is 4.34. The van der Waals surface area contributed by atoms with Gasteiger partial charge in [-0.05, 0) is 44.4 Å². The number of hydrogen-bond donors (Lipinski definition) is 0. The van der Waals surface area contributed by atoms with Crippen LogP contribution < -0.4 is 0 Å². The predicted octanol–water partition coefficient (Wildman–Crippen LogP) is 4.05. The van der Waals surface area contributed by atoms with Gasteiger partial charge < -0.3 is 4.74 Å². The second-order valence-corrected chi connectivity index (χ2v) is 6.29. The molecule has 2 heteroatoms. The van der Waals surface area contributed by atoms with Gasteiger partial charge in [0.1, 0.15) is 0 Å². The summed E-state index contributed by atoms with van der Waals surface area (Å²) in [5.41, 5.74) is 1.89. The van der Waals surface area contributed by atoms with E-state index in [-0.39, 0.29) is 5.60 Å². The summed E-state index contributed by atoms with van der Waals surface area (Å²) in [7, 11) is 0. The van der Waals surface area contributed by atoms with E-state index >= 15 is 0 Å². The zero-order valence-electron chi connectivity index (χ0n) is 9.88. The molecule has 90 valence electrons. The summed E-state index contributed by atoms with van der Waals surface area (Å²) in [5, 5.41) is 0.303. The number of hydrogen-bond acceptors (Lipinski definition) is 1. The first-order valence-corrected chi connectivity index (χ1v) is 7.20. The lowest BCUT2D eigenvalue weighted by Crippen LogP contribution is -2.37. The van der Waals surface area contributed by atoms with E-state index in [0.717, 1.165) is 18.9 Å². The quantitative estimate of drug-likeness (QED) is 0.496. The highest BCUT2D eigenvalue weighted by molar-refractivity contribution is 6.22. The fourth-order valence-corrected chi connectivity index (χ4v) is 4.03. The monoisotopic (exact) mass is 240 g/mol. The molecule has 2 fully saturated rings. The van der Waals surface area contributed by atoms with E-state index in [1.54, 1.807) is 5.57 Å². The average molecular weight is 241 g/mol. The van der Waals surface area contributed by atoms with Crippen LogP contribution in [0.1, 0.15) is 51.4 Å². The summed E-state index contributed by atoms with van der Waals surface area (Å²) in [6, 6.07) is 0. The molecule has 2 aliphatic carbocycles. The summed E-state index contributed by atoms with van der Waals surface area (Å²) in [6.07, 6.45) is 12.5. The Morgan fingerprint density at radius 2 is 2.06 bits per heavy atom. The van der Waals surface area contributed by atoms with Gasteiger partial charge in [-0.25, -0.2) is 0 Å². The van der Waals surface area contributed by atoms with Crippen molar-refractivity contribution in [2.45, 2.75) is 62.3 Å². The molecule has 1 spiro atoms. The lowest BCUT2D eigenvalue weighted by molar-refractivity contribution is -0.0872. The third kappa shape index (κ3) is 2.04. The van der Waals surface area contributed by atoms with E-state index < -0.39 is 0 Å². The highest BCUT2D eigenvalue weighted by Gasteiger charge is 2.41. The maximum Gasteiger partial charge on any atom is 0.0688 e. The third-order valence-electron chi connectivity index (χ3n) is 4.64. The topological polar surface area (TPSA) is 9.23 Å². The summed E-state index contributed by atoms with van der Waals surface area (Å²) in [4.78, 5) is 0. The minimum atomic E-state index is 0.258. The van der Waals surface area contributed by atoms with Gasteiger partial charge in [0.15, 0.2) is 0 Å². The normalized spacial score (nSPS) is 37.9. The Labute approximate surface area is 103 Å². The summed E-state index contributed by atoms with van der Waals surface area (Å²) < 4.78 is 6.08. The van der Waals surface area contributed by atoms with Crippen molar-refractivity contribution in [3.63, 3.8) is 0 Å². The van der Waals surface area contributed by atoms with Gasteiger partial charge in [0, 0.05) is 6.61 Å². The van der Waals surface area contributed by atoms with E-state index in [2.05, 4.69) is 6.08 Å².